The van der Waals surface area contributed by atoms with Gasteiger partial charge in [0.25, 0.3) is 5.91 Å². The second-order valence-electron chi connectivity index (χ2n) is 5.88. The maximum atomic E-state index is 12.8. The number of anilines is 1. The zero-order chi connectivity index (χ0) is 18.1. The normalized spacial score (nSPS) is 18.4. The van der Waals surface area contributed by atoms with E-state index < -0.39 is 12.2 Å². The monoisotopic (exact) mass is 369 g/mol. The highest BCUT2D eigenvalue weighted by Gasteiger charge is 2.34. The molecule has 6 nitrogen and oxygen atoms in total. The Morgan fingerprint density at radius 1 is 1.12 bits per heavy atom. The summed E-state index contributed by atoms with van der Waals surface area (Å²) in [5.74, 6) is 0.857. The third-order valence-corrected chi connectivity index (χ3v) is 4.38. The zero-order valence-electron chi connectivity index (χ0n) is 13.9. The van der Waals surface area contributed by atoms with Crippen molar-refractivity contribution in [1.29, 1.82) is 0 Å². The van der Waals surface area contributed by atoms with Gasteiger partial charge in [-0.1, -0.05) is 29.8 Å². The van der Waals surface area contributed by atoms with Crippen LogP contribution in [0, 0.1) is 0 Å². The fourth-order valence-electron chi connectivity index (χ4n) is 2.86. The van der Waals surface area contributed by atoms with Crippen LogP contribution in [0.25, 0.3) is 5.69 Å². The van der Waals surface area contributed by atoms with Gasteiger partial charge in [-0.2, -0.15) is 5.10 Å². The van der Waals surface area contributed by atoms with E-state index in [1.807, 2.05) is 18.2 Å². The van der Waals surface area contributed by atoms with Crippen LogP contribution in [-0.4, -0.2) is 27.9 Å². The lowest BCUT2D eigenvalue weighted by atomic mass is 10.1. The first-order chi connectivity index (χ1) is 12.6. The maximum absolute atomic E-state index is 12.8. The number of nitrogens with one attached hydrogen (secondary N) is 1. The lowest BCUT2D eigenvalue weighted by molar-refractivity contribution is -0.128. The van der Waals surface area contributed by atoms with E-state index in [1.165, 1.54) is 0 Å². The van der Waals surface area contributed by atoms with Crippen molar-refractivity contribution in [2.75, 3.05) is 5.32 Å². The lowest BCUT2D eigenvalue weighted by Gasteiger charge is -2.31. The number of ether oxygens (including phenoxy) is 2. The molecule has 132 valence electrons. The summed E-state index contributed by atoms with van der Waals surface area (Å²) in [5.41, 5.74) is 1.14. The summed E-state index contributed by atoms with van der Waals surface area (Å²) in [7, 11) is 0. The largest absolute Gasteiger partial charge is 0.482 e. The van der Waals surface area contributed by atoms with Crippen LogP contribution in [0.1, 0.15) is 6.92 Å². The summed E-state index contributed by atoms with van der Waals surface area (Å²) in [6.07, 6.45) is 2.19. The summed E-state index contributed by atoms with van der Waals surface area (Å²) in [5, 5.41) is 7.56. The highest BCUT2D eigenvalue weighted by atomic mass is 35.5. The van der Waals surface area contributed by atoms with Crippen LogP contribution in [0.5, 0.6) is 11.5 Å². The second kappa shape index (κ2) is 6.72. The van der Waals surface area contributed by atoms with Gasteiger partial charge >= 0.3 is 0 Å². The van der Waals surface area contributed by atoms with Crippen molar-refractivity contribution in [3.63, 3.8) is 0 Å². The van der Waals surface area contributed by atoms with Crippen LogP contribution in [0.4, 0.5) is 5.69 Å². The topological polar surface area (TPSA) is 65.4 Å². The number of hydrogen-bond acceptors (Lipinski definition) is 4. The van der Waals surface area contributed by atoms with E-state index in [0.29, 0.717) is 27.9 Å². The number of aromatic nitrogens is 2. The quantitative estimate of drug-likeness (QED) is 0.764. The molecule has 26 heavy (non-hydrogen) atoms. The van der Waals surface area contributed by atoms with Crippen molar-refractivity contribution in [3.05, 3.63) is 65.9 Å². The minimum Gasteiger partial charge on any atom is -0.482 e. The first-order valence-corrected chi connectivity index (χ1v) is 8.53. The van der Waals surface area contributed by atoms with Crippen molar-refractivity contribution in [3.8, 4) is 17.2 Å². The molecule has 2 heterocycles. The Morgan fingerprint density at radius 2 is 1.88 bits per heavy atom. The fourth-order valence-corrected chi connectivity index (χ4v) is 3.12. The Kier molecular flexibility index (Phi) is 4.26. The Labute approximate surface area is 155 Å². The van der Waals surface area contributed by atoms with Gasteiger partial charge in [-0.05, 0) is 37.3 Å². The van der Waals surface area contributed by atoms with Gasteiger partial charge in [0, 0.05) is 12.4 Å². The Bertz CT molecular complexity index is 943. The minimum atomic E-state index is -0.783. The summed E-state index contributed by atoms with van der Waals surface area (Å²) in [4.78, 5) is 12.8. The van der Waals surface area contributed by atoms with E-state index in [0.717, 1.165) is 0 Å². The summed E-state index contributed by atoms with van der Waals surface area (Å²) in [6.45, 7) is 1.80. The molecule has 2 aromatic carbocycles. The molecule has 1 aliphatic rings. The maximum Gasteiger partial charge on any atom is 0.269 e. The number of hydrogen-bond donors (Lipinski definition) is 1. The van der Waals surface area contributed by atoms with E-state index in [9.17, 15) is 4.79 Å². The molecule has 0 saturated heterocycles. The Morgan fingerprint density at radius 3 is 2.62 bits per heavy atom. The van der Waals surface area contributed by atoms with Crippen molar-refractivity contribution in [1.82, 2.24) is 9.78 Å². The van der Waals surface area contributed by atoms with Gasteiger partial charge in [-0.3, -0.25) is 4.79 Å². The molecule has 2 unspecified atom stereocenters. The third-order valence-electron chi connectivity index (χ3n) is 4.08. The van der Waals surface area contributed by atoms with E-state index in [1.54, 1.807) is 54.3 Å². The Hall–Kier alpha value is -2.99. The standard InChI is InChI=1S/C19H16ClN3O3/c1-12-18(26-16-9-3-2-8-15(16)25-12)19(24)22-14-7-4-6-13(20)17(14)23-11-5-10-21-23/h2-12,18H,1H3,(H,22,24). The third kappa shape index (κ3) is 2.99. The van der Waals surface area contributed by atoms with Crippen molar-refractivity contribution in [2.24, 2.45) is 0 Å². The minimum absolute atomic E-state index is 0.317. The number of carbonyl (C=O) groups is 1. The number of carbonyl (C=O) groups excluding carboxylic acids is 1. The fraction of sp³-hybridized carbons (Fsp3) is 0.158. The molecule has 7 heteroatoms. The number of halogens is 1. The van der Waals surface area contributed by atoms with Crippen LogP contribution < -0.4 is 14.8 Å². The number of benzene rings is 2. The molecule has 0 aliphatic carbocycles. The molecule has 0 radical (unpaired) electrons. The molecule has 0 bridgehead atoms. The van der Waals surface area contributed by atoms with Gasteiger partial charge in [0.1, 0.15) is 11.8 Å². The highest BCUT2D eigenvalue weighted by Crippen LogP contribution is 2.34. The number of fused-ring (bicyclic) bond motifs is 1. The first kappa shape index (κ1) is 16.5. The predicted molar refractivity (Wildman–Crippen MR) is 98.2 cm³/mol. The zero-order valence-corrected chi connectivity index (χ0v) is 14.7. The van der Waals surface area contributed by atoms with E-state index >= 15 is 0 Å². The summed E-state index contributed by atoms with van der Waals surface area (Å²) < 4.78 is 13.3. The molecule has 4 rings (SSSR count). The smallest absolute Gasteiger partial charge is 0.269 e. The SMILES string of the molecule is CC1Oc2ccccc2OC1C(=O)Nc1cccc(Cl)c1-n1cccn1. The molecule has 2 atom stereocenters. The number of nitrogens with zero attached hydrogens (tertiary/aromatic N) is 2. The molecule has 3 aromatic rings. The molecule has 0 spiro atoms. The molecule has 0 saturated carbocycles. The van der Waals surface area contributed by atoms with E-state index in [-0.39, 0.29) is 5.91 Å². The van der Waals surface area contributed by atoms with Gasteiger partial charge in [-0.15, -0.1) is 0 Å². The predicted octanol–water partition coefficient (Wildman–Crippen LogP) is 3.69. The van der Waals surface area contributed by atoms with Crippen molar-refractivity contribution < 1.29 is 14.3 Å². The molecular formula is C19H16ClN3O3. The average Bonchev–Trinajstić information content (AvgIpc) is 3.15. The number of amides is 1. The average molecular weight is 370 g/mol. The van der Waals surface area contributed by atoms with Gasteiger partial charge in [0.05, 0.1) is 10.7 Å². The van der Waals surface area contributed by atoms with Gasteiger partial charge < -0.3 is 14.8 Å². The molecule has 1 N–H and O–H groups in total. The molecule has 0 fully saturated rings. The van der Waals surface area contributed by atoms with Crippen molar-refractivity contribution in [2.45, 2.75) is 19.1 Å². The number of para-hydroxylation sites is 3. The Balaban J connectivity index is 1.61. The lowest BCUT2D eigenvalue weighted by Crippen LogP contribution is -2.46. The van der Waals surface area contributed by atoms with Gasteiger partial charge in [-0.25, -0.2) is 4.68 Å². The highest BCUT2D eigenvalue weighted by molar-refractivity contribution is 6.33. The summed E-state index contributed by atoms with van der Waals surface area (Å²) >= 11 is 6.32. The van der Waals surface area contributed by atoms with Crippen LogP contribution >= 0.6 is 11.6 Å². The van der Waals surface area contributed by atoms with Gasteiger partial charge in [0.2, 0.25) is 6.10 Å². The van der Waals surface area contributed by atoms with Crippen LogP contribution in [-0.2, 0) is 4.79 Å². The summed E-state index contributed by atoms with van der Waals surface area (Å²) in [6, 6.07) is 14.3. The van der Waals surface area contributed by atoms with Crippen LogP contribution in [0.2, 0.25) is 5.02 Å². The molecule has 1 aliphatic heterocycles. The van der Waals surface area contributed by atoms with E-state index in [4.69, 9.17) is 21.1 Å². The number of rotatable bonds is 3. The van der Waals surface area contributed by atoms with Crippen LogP contribution in [0.3, 0.4) is 0 Å². The molecule has 1 amide bonds. The van der Waals surface area contributed by atoms with Crippen LogP contribution in [0.15, 0.2) is 60.9 Å². The van der Waals surface area contributed by atoms with Gasteiger partial charge in [0.15, 0.2) is 11.5 Å². The molecular weight excluding hydrogens is 354 g/mol. The molecule has 1 aromatic heterocycles. The second-order valence-corrected chi connectivity index (χ2v) is 6.29. The van der Waals surface area contributed by atoms with E-state index in [2.05, 4.69) is 10.4 Å². The van der Waals surface area contributed by atoms with Crippen molar-refractivity contribution >= 4 is 23.2 Å². The first-order valence-electron chi connectivity index (χ1n) is 8.15.